The van der Waals surface area contributed by atoms with Gasteiger partial charge in [0.1, 0.15) is 0 Å². The summed E-state index contributed by atoms with van der Waals surface area (Å²) in [6.45, 7) is 5.04. The second-order valence-electron chi connectivity index (χ2n) is 2.63. The third-order valence-electron chi connectivity index (χ3n) is 1.55. The molecule has 11 heavy (non-hydrogen) atoms. The molecule has 0 spiro atoms. The lowest BCUT2D eigenvalue weighted by atomic mass is 10.2. The predicted molar refractivity (Wildman–Crippen MR) is 53.0 cm³/mol. The zero-order chi connectivity index (χ0) is 8.53. The lowest BCUT2D eigenvalue weighted by molar-refractivity contribution is 0.294. The highest BCUT2D eigenvalue weighted by Gasteiger charge is 1.92. The van der Waals surface area contributed by atoms with Crippen molar-refractivity contribution < 1.29 is 4.74 Å². The van der Waals surface area contributed by atoms with E-state index in [-0.39, 0.29) is 0 Å². The molecular formula is C9H18OS. The van der Waals surface area contributed by atoms with Gasteiger partial charge in [0, 0.05) is 6.42 Å². The third kappa shape index (κ3) is 7.79. The van der Waals surface area contributed by atoms with Gasteiger partial charge in [0.15, 0.2) is 5.05 Å². The van der Waals surface area contributed by atoms with Crippen LogP contribution in [0.15, 0.2) is 0 Å². The van der Waals surface area contributed by atoms with E-state index in [4.69, 9.17) is 17.0 Å². The fraction of sp³-hybridized carbons (Fsp3) is 0.889. The number of unbranched alkanes of at least 4 members (excludes halogenated alkanes) is 3. The van der Waals surface area contributed by atoms with Crippen LogP contribution in [0.5, 0.6) is 0 Å². The maximum absolute atomic E-state index is 5.27. The molecule has 0 aromatic rings. The van der Waals surface area contributed by atoms with E-state index in [0.717, 1.165) is 24.5 Å². The molecule has 0 saturated heterocycles. The molecule has 0 aromatic heterocycles. The van der Waals surface area contributed by atoms with Crippen molar-refractivity contribution in [2.45, 2.75) is 46.0 Å². The number of hydrogen-bond donors (Lipinski definition) is 0. The monoisotopic (exact) mass is 174 g/mol. The van der Waals surface area contributed by atoms with Crippen molar-refractivity contribution in [1.29, 1.82) is 0 Å². The van der Waals surface area contributed by atoms with Gasteiger partial charge in [-0.2, -0.15) is 0 Å². The molecule has 0 heterocycles. The van der Waals surface area contributed by atoms with Crippen LogP contribution >= 0.6 is 12.2 Å². The van der Waals surface area contributed by atoms with Crippen LogP contribution in [0, 0.1) is 0 Å². The molecule has 0 aromatic carbocycles. The first-order valence-corrected chi connectivity index (χ1v) is 4.87. The second-order valence-corrected chi connectivity index (χ2v) is 3.09. The van der Waals surface area contributed by atoms with Crippen LogP contribution < -0.4 is 0 Å². The minimum atomic E-state index is 0.751. The molecule has 0 radical (unpaired) electrons. The first kappa shape index (κ1) is 10.9. The Morgan fingerprint density at radius 2 is 1.91 bits per heavy atom. The SMILES string of the molecule is CCCCCCOC(=S)CC. The minimum Gasteiger partial charge on any atom is -0.487 e. The topological polar surface area (TPSA) is 9.23 Å². The van der Waals surface area contributed by atoms with Crippen molar-refractivity contribution in [3.8, 4) is 0 Å². The van der Waals surface area contributed by atoms with Crippen molar-refractivity contribution in [3.05, 3.63) is 0 Å². The molecule has 1 nitrogen and oxygen atoms in total. The van der Waals surface area contributed by atoms with Crippen LogP contribution in [-0.2, 0) is 4.74 Å². The molecule has 0 aliphatic carbocycles. The molecule has 0 bridgehead atoms. The molecular weight excluding hydrogens is 156 g/mol. The molecule has 0 rings (SSSR count). The number of thiocarbonyl (C=S) groups is 1. The van der Waals surface area contributed by atoms with E-state index >= 15 is 0 Å². The van der Waals surface area contributed by atoms with Gasteiger partial charge in [-0.3, -0.25) is 0 Å². The Kier molecular flexibility index (Phi) is 7.91. The number of rotatable bonds is 6. The van der Waals surface area contributed by atoms with Crippen LogP contribution in [0.4, 0.5) is 0 Å². The van der Waals surface area contributed by atoms with Crippen molar-refractivity contribution in [3.63, 3.8) is 0 Å². The predicted octanol–water partition coefficient (Wildman–Crippen LogP) is 3.32. The molecule has 0 fully saturated rings. The fourth-order valence-corrected chi connectivity index (χ4v) is 0.900. The summed E-state index contributed by atoms with van der Waals surface area (Å²) in [7, 11) is 0. The van der Waals surface area contributed by atoms with Gasteiger partial charge in [-0.1, -0.05) is 33.1 Å². The average molecular weight is 174 g/mol. The van der Waals surface area contributed by atoms with Gasteiger partial charge < -0.3 is 4.74 Å². The summed E-state index contributed by atoms with van der Waals surface area (Å²) < 4.78 is 5.27. The molecule has 0 amide bonds. The van der Waals surface area contributed by atoms with Crippen LogP contribution in [0.2, 0.25) is 0 Å². The normalized spacial score (nSPS) is 9.64. The summed E-state index contributed by atoms with van der Waals surface area (Å²) in [6, 6.07) is 0. The van der Waals surface area contributed by atoms with Crippen LogP contribution in [0.25, 0.3) is 0 Å². The molecule has 2 heteroatoms. The molecule has 0 aliphatic rings. The smallest absolute Gasteiger partial charge is 0.159 e. The Balaban J connectivity index is 2.95. The molecule has 0 unspecified atom stereocenters. The van der Waals surface area contributed by atoms with Gasteiger partial charge >= 0.3 is 0 Å². The Morgan fingerprint density at radius 3 is 2.45 bits per heavy atom. The highest BCUT2D eigenvalue weighted by Crippen LogP contribution is 1.99. The lowest BCUT2D eigenvalue weighted by Crippen LogP contribution is -2.01. The molecule has 0 N–H and O–H groups in total. The van der Waals surface area contributed by atoms with E-state index in [9.17, 15) is 0 Å². The van der Waals surface area contributed by atoms with Crippen LogP contribution in [-0.4, -0.2) is 11.7 Å². The van der Waals surface area contributed by atoms with Gasteiger partial charge in [-0.25, -0.2) is 0 Å². The van der Waals surface area contributed by atoms with Gasteiger partial charge in [-0.05, 0) is 18.6 Å². The van der Waals surface area contributed by atoms with E-state index in [2.05, 4.69) is 6.92 Å². The highest BCUT2D eigenvalue weighted by molar-refractivity contribution is 7.80. The maximum Gasteiger partial charge on any atom is 0.159 e. The standard InChI is InChI=1S/C9H18OS/c1-3-5-6-7-8-10-9(11)4-2/h3-8H2,1-2H3. The number of ether oxygens (including phenoxy) is 1. The first-order valence-electron chi connectivity index (χ1n) is 4.46. The van der Waals surface area contributed by atoms with Gasteiger partial charge in [0.05, 0.1) is 6.61 Å². The Hall–Kier alpha value is -0.110. The average Bonchev–Trinajstić information content (AvgIpc) is 2.04. The zero-order valence-electron chi connectivity index (χ0n) is 7.56. The highest BCUT2D eigenvalue weighted by atomic mass is 32.1. The summed E-state index contributed by atoms with van der Waals surface area (Å²) in [5, 5.41) is 0.751. The Bertz CT molecular complexity index is 102. The van der Waals surface area contributed by atoms with E-state index in [1.54, 1.807) is 0 Å². The molecule has 0 aliphatic heterocycles. The van der Waals surface area contributed by atoms with Crippen molar-refractivity contribution in [2.24, 2.45) is 0 Å². The van der Waals surface area contributed by atoms with Crippen molar-refractivity contribution in [1.82, 2.24) is 0 Å². The largest absolute Gasteiger partial charge is 0.487 e. The van der Waals surface area contributed by atoms with Crippen molar-refractivity contribution in [2.75, 3.05) is 6.61 Å². The summed E-state index contributed by atoms with van der Waals surface area (Å²) in [5.74, 6) is 0. The van der Waals surface area contributed by atoms with Gasteiger partial charge in [0.25, 0.3) is 0 Å². The molecule has 66 valence electrons. The van der Waals surface area contributed by atoms with Gasteiger partial charge in [0.2, 0.25) is 0 Å². The van der Waals surface area contributed by atoms with E-state index in [1.165, 1.54) is 19.3 Å². The first-order chi connectivity index (χ1) is 5.31. The second kappa shape index (κ2) is 7.99. The molecule has 0 atom stereocenters. The Morgan fingerprint density at radius 1 is 1.18 bits per heavy atom. The van der Waals surface area contributed by atoms with E-state index < -0.39 is 0 Å². The van der Waals surface area contributed by atoms with E-state index in [0.29, 0.717) is 0 Å². The third-order valence-corrected chi connectivity index (χ3v) is 1.96. The van der Waals surface area contributed by atoms with Crippen LogP contribution in [0.3, 0.4) is 0 Å². The van der Waals surface area contributed by atoms with E-state index in [1.807, 2.05) is 6.92 Å². The zero-order valence-corrected chi connectivity index (χ0v) is 8.38. The summed E-state index contributed by atoms with van der Waals surface area (Å²) >= 11 is 4.91. The lowest BCUT2D eigenvalue weighted by Gasteiger charge is -2.03. The fourth-order valence-electron chi connectivity index (χ4n) is 0.817. The summed E-state index contributed by atoms with van der Waals surface area (Å²) in [6.07, 6.45) is 5.86. The minimum absolute atomic E-state index is 0.751. The van der Waals surface area contributed by atoms with Gasteiger partial charge in [-0.15, -0.1) is 0 Å². The Labute approximate surface area is 75.1 Å². The summed E-state index contributed by atoms with van der Waals surface area (Å²) in [5.41, 5.74) is 0. The van der Waals surface area contributed by atoms with Crippen LogP contribution in [0.1, 0.15) is 46.0 Å². The number of hydrogen-bond acceptors (Lipinski definition) is 2. The quantitative estimate of drug-likeness (QED) is 0.451. The molecule has 0 saturated carbocycles. The summed E-state index contributed by atoms with van der Waals surface area (Å²) in [4.78, 5) is 0. The van der Waals surface area contributed by atoms with Crippen molar-refractivity contribution >= 4 is 17.3 Å². The maximum atomic E-state index is 5.27.